The van der Waals surface area contributed by atoms with Gasteiger partial charge in [0.25, 0.3) is 5.56 Å². The third kappa shape index (κ3) is 2.54. The Kier molecular flexibility index (Phi) is 4.07. The maximum absolute atomic E-state index is 12.6. The van der Waals surface area contributed by atoms with E-state index in [1.54, 1.807) is 19.3 Å². The maximum Gasteiger partial charge on any atom is 0.332 e. The topological polar surface area (TPSA) is 78.2 Å². The lowest BCUT2D eigenvalue weighted by Crippen LogP contribution is -2.37. The van der Waals surface area contributed by atoms with Gasteiger partial charge < -0.3 is 10.1 Å². The lowest BCUT2D eigenvalue weighted by molar-refractivity contribution is 0.342. The van der Waals surface area contributed by atoms with Gasteiger partial charge in [-0.3, -0.25) is 13.9 Å². The molecule has 1 N–H and O–H groups in total. The first kappa shape index (κ1) is 15.8. The molecule has 0 aliphatic rings. The molecule has 124 valence electrons. The Balaban J connectivity index is 2.22. The molecule has 0 aliphatic heterocycles. The molecule has 0 amide bonds. The van der Waals surface area contributed by atoms with Crippen LogP contribution in [0.15, 0.2) is 46.1 Å². The van der Waals surface area contributed by atoms with E-state index in [1.165, 1.54) is 11.6 Å². The monoisotopic (exact) mass is 326 g/mol. The SMILES string of the molecule is CCOc1ccccc1Nc1ccnc2c1c(=O)n(C)c(=O)n2C. The second kappa shape index (κ2) is 6.19. The number of aromatic nitrogens is 3. The van der Waals surface area contributed by atoms with Gasteiger partial charge in [0.05, 0.1) is 18.0 Å². The molecule has 7 heteroatoms. The van der Waals surface area contributed by atoms with E-state index in [-0.39, 0.29) is 0 Å². The van der Waals surface area contributed by atoms with E-state index in [2.05, 4.69) is 10.3 Å². The van der Waals surface area contributed by atoms with Crippen LogP contribution in [0.1, 0.15) is 6.92 Å². The van der Waals surface area contributed by atoms with Gasteiger partial charge in [-0.25, -0.2) is 9.78 Å². The maximum atomic E-state index is 12.6. The number of nitrogens with zero attached hydrogens (tertiary/aromatic N) is 3. The second-order valence-electron chi connectivity index (χ2n) is 5.32. The van der Waals surface area contributed by atoms with Crippen molar-refractivity contribution in [1.82, 2.24) is 14.1 Å². The third-order valence-electron chi connectivity index (χ3n) is 3.80. The molecule has 24 heavy (non-hydrogen) atoms. The predicted molar refractivity (Wildman–Crippen MR) is 93.1 cm³/mol. The van der Waals surface area contributed by atoms with E-state index in [0.29, 0.717) is 29.1 Å². The second-order valence-corrected chi connectivity index (χ2v) is 5.32. The minimum absolute atomic E-state index is 0.335. The first-order valence-corrected chi connectivity index (χ1v) is 7.58. The van der Waals surface area contributed by atoms with E-state index in [0.717, 1.165) is 10.3 Å². The van der Waals surface area contributed by atoms with Crippen LogP contribution >= 0.6 is 0 Å². The average Bonchev–Trinajstić information content (AvgIpc) is 2.60. The highest BCUT2D eigenvalue weighted by molar-refractivity contribution is 5.90. The molecule has 0 radical (unpaired) electrons. The summed E-state index contributed by atoms with van der Waals surface area (Å²) in [4.78, 5) is 28.8. The molecule has 1 aromatic carbocycles. The summed E-state index contributed by atoms with van der Waals surface area (Å²) in [6.45, 7) is 2.44. The van der Waals surface area contributed by atoms with Gasteiger partial charge in [-0.1, -0.05) is 12.1 Å². The molecule has 2 heterocycles. The fourth-order valence-electron chi connectivity index (χ4n) is 2.59. The van der Waals surface area contributed by atoms with Crippen LogP contribution in [0.5, 0.6) is 5.75 Å². The standard InChI is InChI=1S/C17H18N4O3/c1-4-24-13-8-6-5-7-11(13)19-12-9-10-18-15-14(12)16(22)21(3)17(23)20(15)2/h5-10H,4H2,1-3H3,(H,18,19). The highest BCUT2D eigenvalue weighted by Gasteiger charge is 2.14. The lowest BCUT2D eigenvalue weighted by atomic mass is 10.2. The number of hydrogen-bond donors (Lipinski definition) is 1. The molecule has 0 fully saturated rings. The Morgan fingerprint density at radius 3 is 2.58 bits per heavy atom. The van der Waals surface area contributed by atoms with Crippen LogP contribution in [0.3, 0.4) is 0 Å². The molecule has 0 atom stereocenters. The molecular weight excluding hydrogens is 308 g/mol. The van der Waals surface area contributed by atoms with Crippen molar-refractivity contribution >= 4 is 22.4 Å². The summed E-state index contributed by atoms with van der Waals surface area (Å²) in [5.74, 6) is 0.687. The van der Waals surface area contributed by atoms with Crippen LogP contribution in [-0.2, 0) is 14.1 Å². The van der Waals surface area contributed by atoms with Gasteiger partial charge in [-0.05, 0) is 25.1 Å². The van der Waals surface area contributed by atoms with Crippen molar-refractivity contribution in [2.24, 2.45) is 14.1 Å². The Labute approximate surface area is 138 Å². The number of ether oxygens (including phenoxy) is 1. The quantitative estimate of drug-likeness (QED) is 0.790. The van der Waals surface area contributed by atoms with Crippen molar-refractivity contribution in [1.29, 1.82) is 0 Å². The van der Waals surface area contributed by atoms with Gasteiger partial charge in [0.2, 0.25) is 0 Å². The predicted octanol–water partition coefficient (Wildman–Crippen LogP) is 1.77. The van der Waals surface area contributed by atoms with Gasteiger partial charge in [0.15, 0.2) is 5.65 Å². The Morgan fingerprint density at radius 1 is 1.08 bits per heavy atom. The molecule has 2 aromatic heterocycles. The summed E-state index contributed by atoms with van der Waals surface area (Å²) in [5.41, 5.74) is 0.845. The van der Waals surface area contributed by atoms with E-state index < -0.39 is 11.2 Å². The van der Waals surface area contributed by atoms with Crippen molar-refractivity contribution in [2.45, 2.75) is 6.92 Å². The largest absolute Gasteiger partial charge is 0.492 e. The van der Waals surface area contributed by atoms with E-state index in [1.807, 2.05) is 31.2 Å². The number of pyridine rings is 1. The van der Waals surface area contributed by atoms with Crippen molar-refractivity contribution in [2.75, 3.05) is 11.9 Å². The van der Waals surface area contributed by atoms with Gasteiger partial charge in [0, 0.05) is 20.3 Å². The van der Waals surface area contributed by atoms with Crippen molar-refractivity contribution in [3.8, 4) is 5.75 Å². The summed E-state index contributed by atoms with van der Waals surface area (Å²) in [7, 11) is 3.05. The number of benzene rings is 1. The molecule has 0 spiro atoms. The van der Waals surface area contributed by atoms with Crippen molar-refractivity contribution in [3.63, 3.8) is 0 Å². The van der Waals surface area contributed by atoms with Crippen LogP contribution in [0.25, 0.3) is 11.0 Å². The van der Waals surface area contributed by atoms with Crippen molar-refractivity contribution in [3.05, 3.63) is 57.4 Å². The third-order valence-corrected chi connectivity index (χ3v) is 3.80. The fraction of sp³-hybridized carbons (Fsp3) is 0.235. The van der Waals surface area contributed by atoms with Crippen LogP contribution < -0.4 is 21.3 Å². The molecule has 0 bridgehead atoms. The van der Waals surface area contributed by atoms with Gasteiger partial charge >= 0.3 is 5.69 Å². The fourth-order valence-corrected chi connectivity index (χ4v) is 2.59. The number of hydrogen-bond acceptors (Lipinski definition) is 5. The number of anilines is 2. The number of fused-ring (bicyclic) bond motifs is 1. The molecular formula is C17H18N4O3. The summed E-state index contributed by atoms with van der Waals surface area (Å²) in [6, 6.07) is 9.18. The zero-order valence-electron chi connectivity index (χ0n) is 13.7. The number of para-hydroxylation sites is 2. The van der Waals surface area contributed by atoms with Crippen LogP contribution in [0, 0.1) is 0 Å². The molecule has 3 aromatic rings. The summed E-state index contributed by atoms with van der Waals surface area (Å²) >= 11 is 0. The highest BCUT2D eigenvalue weighted by atomic mass is 16.5. The highest BCUT2D eigenvalue weighted by Crippen LogP contribution is 2.29. The van der Waals surface area contributed by atoms with Crippen LogP contribution in [0.2, 0.25) is 0 Å². The molecule has 0 unspecified atom stereocenters. The van der Waals surface area contributed by atoms with E-state index in [4.69, 9.17) is 4.74 Å². The van der Waals surface area contributed by atoms with Crippen LogP contribution in [-0.4, -0.2) is 20.7 Å². The lowest BCUT2D eigenvalue weighted by Gasteiger charge is -2.14. The number of aryl methyl sites for hydroxylation is 1. The first-order chi connectivity index (χ1) is 11.5. The van der Waals surface area contributed by atoms with Crippen LogP contribution in [0.4, 0.5) is 11.4 Å². The average molecular weight is 326 g/mol. The van der Waals surface area contributed by atoms with Gasteiger partial charge in [-0.2, -0.15) is 0 Å². The molecule has 0 saturated heterocycles. The van der Waals surface area contributed by atoms with Crippen molar-refractivity contribution < 1.29 is 4.74 Å². The number of nitrogens with one attached hydrogen (secondary N) is 1. The van der Waals surface area contributed by atoms with E-state index in [9.17, 15) is 9.59 Å². The Hall–Kier alpha value is -3.09. The van der Waals surface area contributed by atoms with E-state index >= 15 is 0 Å². The van der Waals surface area contributed by atoms with Gasteiger partial charge in [-0.15, -0.1) is 0 Å². The first-order valence-electron chi connectivity index (χ1n) is 7.58. The Bertz CT molecular complexity index is 1020. The zero-order valence-corrected chi connectivity index (χ0v) is 13.7. The minimum atomic E-state index is -0.410. The number of rotatable bonds is 4. The zero-order chi connectivity index (χ0) is 17.3. The normalized spacial score (nSPS) is 10.8. The summed E-state index contributed by atoms with van der Waals surface area (Å²) in [5, 5.41) is 3.58. The molecule has 0 aliphatic carbocycles. The van der Waals surface area contributed by atoms with Gasteiger partial charge in [0.1, 0.15) is 11.1 Å². The molecule has 0 saturated carbocycles. The smallest absolute Gasteiger partial charge is 0.332 e. The summed E-state index contributed by atoms with van der Waals surface area (Å²) in [6.07, 6.45) is 1.56. The minimum Gasteiger partial charge on any atom is -0.492 e. The molecule has 3 rings (SSSR count). The summed E-state index contributed by atoms with van der Waals surface area (Å²) < 4.78 is 8.03. The molecule has 7 nitrogen and oxygen atoms in total. The Morgan fingerprint density at radius 2 is 1.83 bits per heavy atom.